The van der Waals surface area contributed by atoms with Gasteiger partial charge in [-0.05, 0) is 63.5 Å². The van der Waals surface area contributed by atoms with E-state index in [0.29, 0.717) is 10.9 Å². The SMILES string of the molecule is CCc1c(C2CC2)nc2c(c1NC(=O)N=[S@@](N)(=O)c1cnc(C(C)(C)O)s1)CCC2. The molecule has 162 valence electrons. The molecule has 2 aromatic heterocycles. The average Bonchev–Trinajstić information content (AvgIpc) is 3.16. The van der Waals surface area contributed by atoms with Crippen LogP contribution in [0.5, 0.6) is 0 Å². The summed E-state index contributed by atoms with van der Waals surface area (Å²) in [6.07, 6.45) is 7.09. The Morgan fingerprint density at radius 1 is 1.43 bits per heavy atom. The number of carbonyl (C=O) groups is 1. The van der Waals surface area contributed by atoms with E-state index in [-0.39, 0.29) is 4.21 Å². The van der Waals surface area contributed by atoms with Crippen LogP contribution in [-0.4, -0.2) is 25.3 Å². The number of aromatic nitrogens is 2. The number of aliphatic hydroxyl groups is 1. The summed E-state index contributed by atoms with van der Waals surface area (Å²) < 4.78 is 16.9. The van der Waals surface area contributed by atoms with Crippen LogP contribution in [0.3, 0.4) is 0 Å². The zero-order valence-corrected chi connectivity index (χ0v) is 19.0. The van der Waals surface area contributed by atoms with E-state index in [4.69, 9.17) is 10.1 Å². The van der Waals surface area contributed by atoms with Crippen molar-refractivity contribution in [3.05, 3.63) is 33.7 Å². The van der Waals surface area contributed by atoms with Crippen LogP contribution >= 0.6 is 11.3 Å². The fourth-order valence-electron chi connectivity index (χ4n) is 3.82. The zero-order valence-electron chi connectivity index (χ0n) is 17.4. The van der Waals surface area contributed by atoms with Crippen molar-refractivity contribution in [2.45, 2.75) is 75.0 Å². The van der Waals surface area contributed by atoms with E-state index >= 15 is 0 Å². The minimum atomic E-state index is -3.47. The third-order valence-corrected chi connectivity index (χ3v) is 8.61. The Morgan fingerprint density at radius 2 is 2.17 bits per heavy atom. The summed E-state index contributed by atoms with van der Waals surface area (Å²) in [6.45, 7) is 5.20. The second-order valence-corrected chi connectivity index (χ2v) is 11.4. The van der Waals surface area contributed by atoms with Crippen LogP contribution in [0.1, 0.15) is 73.5 Å². The van der Waals surface area contributed by atoms with E-state index in [0.717, 1.165) is 78.1 Å². The number of hydrogen-bond donors (Lipinski definition) is 3. The molecule has 30 heavy (non-hydrogen) atoms. The fourth-order valence-corrected chi connectivity index (χ4v) is 5.89. The van der Waals surface area contributed by atoms with Crippen LogP contribution in [0, 0.1) is 0 Å². The van der Waals surface area contributed by atoms with E-state index in [2.05, 4.69) is 21.6 Å². The molecule has 8 nitrogen and oxygen atoms in total. The summed E-state index contributed by atoms with van der Waals surface area (Å²) in [5.41, 5.74) is 3.83. The molecular formula is C20H27N5O3S2. The molecular weight excluding hydrogens is 422 g/mol. The first-order valence-corrected chi connectivity index (χ1v) is 12.6. The minimum absolute atomic E-state index is 0.157. The molecule has 0 aliphatic heterocycles. The molecule has 4 N–H and O–H groups in total. The van der Waals surface area contributed by atoms with Gasteiger partial charge in [-0.25, -0.2) is 19.1 Å². The molecule has 1 atom stereocenters. The van der Waals surface area contributed by atoms with Gasteiger partial charge in [0.25, 0.3) is 0 Å². The first-order valence-electron chi connectivity index (χ1n) is 10.2. The molecule has 1 fully saturated rings. The van der Waals surface area contributed by atoms with Crippen LogP contribution in [0.15, 0.2) is 14.8 Å². The quantitative estimate of drug-likeness (QED) is 0.641. The van der Waals surface area contributed by atoms with Crippen LogP contribution in [0.25, 0.3) is 0 Å². The Kier molecular flexibility index (Phi) is 5.46. The molecule has 2 aliphatic rings. The Morgan fingerprint density at radius 3 is 2.77 bits per heavy atom. The lowest BCUT2D eigenvalue weighted by Gasteiger charge is -2.17. The van der Waals surface area contributed by atoms with Crippen LogP contribution < -0.4 is 10.5 Å². The lowest BCUT2D eigenvalue weighted by molar-refractivity contribution is 0.0783. The van der Waals surface area contributed by atoms with Crippen molar-refractivity contribution < 1.29 is 14.1 Å². The summed E-state index contributed by atoms with van der Waals surface area (Å²) in [5, 5.41) is 19.2. The van der Waals surface area contributed by atoms with Crippen LogP contribution in [0.2, 0.25) is 0 Å². The highest BCUT2D eigenvalue weighted by Gasteiger charge is 2.32. The smallest absolute Gasteiger partial charge is 0.354 e. The van der Waals surface area contributed by atoms with Crippen molar-refractivity contribution in [3.8, 4) is 0 Å². The summed E-state index contributed by atoms with van der Waals surface area (Å²) in [5.74, 6) is 0.467. The summed E-state index contributed by atoms with van der Waals surface area (Å²) >= 11 is 0.992. The molecule has 1 saturated carbocycles. The molecule has 0 bridgehead atoms. The van der Waals surface area contributed by atoms with Crippen LogP contribution in [0.4, 0.5) is 10.5 Å². The number of nitrogens with zero attached hydrogens (tertiary/aromatic N) is 3. The third kappa shape index (κ3) is 4.14. The number of urea groups is 1. The number of rotatable bonds is 5. The highest BCUT2D eigenvalue weighted by Crippen LogP contribution is 2.45. The molecule has 10 heteroatoms. The monoisotopic (exact) mass is 449 g/mol. The predicted octanol–water partition coefficient (Wildman–Crippen LogP) is 3.63. The van der Waals surface area contributed by atoms with Gasteiger partial charge in [-0.3, -0.25) is 4.98 Å². The average molecular weight is 450 g/mol. The third-order valence-electron chi connectivity index (χ3n) is 5.42. The predicted molar refractivity (Wildman–Crippen MR) is 117 cm³/mol. The number of pyridine rings is 1. The lowest BCUT2D eigenvalue weighted by Crippen LogP contribution is -2.19. The highest BCUT2D eigenvalue weighted by molar-refractivity contribution is 7.93. The van der Waals surface area contributed by atoms with Gasteiger partial charge in [0.2, 0.25) is 0 Å². The molecule has 0 aromatic carbocycles. The standard InChI is InChI=1S/C20H27N5O3S2/c1-4-12-16(11-8-9-11)23-14-7-5-6-13(14)17(12)24-19(26)25-30(21,28)15-10-22-18(29-15)20(2,3)27/h10-11,27H,4-9H2,1-3H3,(H3,21,23,24,25,26,28)/t30-/m1/s1. The minimum Gasteiger partial charge on any atom is -0.383 e. The van der Waals surface area contributed by atoms with E-state index in [1.807, 2.05) is 0 Å². The lowest BCUT2D eigenvalue weighted by atomic mass is 10.00. The van der Waals surface area contributed by atoms with Crippen molar-refractivity contribution in [1.82, 2.24) is 9.97 Å². The maximum atomic E-state index is 12.9. The second-order valence-electron chi connectivity index (χ2n) is 8.39. The molecule has 4 rings (SSSR count). The number of nitrogens with one attached hydrogen (secondary N) is 1. The summed E-state index contributed by atoms with van der Waals surface area (Å²) in [6, 6.07) is -0.738. The molecule has 0 unspecified atom stereocenters. The Balaban J connectivity index is 1.67. The number of fused-ring (bicyclic) bond motifs is 1. The van der Waals surface area contributed by atoms with Gasteiger partial charge in [0.05, 0.1) is 11.9 Å². The van der Waals surface area contributed by atoms with Crippen molar-refractivity contribution in [2.75, 3.05) is 5.32 Å². The number of carbonyl (C=O) groups excluding carboxylic acids is 1. The van der Waals surface area contributed by atoms with Gasteiger partial charge in [-0.2, -0.15) is 0 Å². The van der Waals surface area contributed by atoms with Crippen molar-refractivity contribution >= 4 is 33.0 Å². The fraction of sp³-hybridized carbons (Fsp3) is 0.550. The Labute approximate surface area is 180 Å². The number of thiazole rings is 1. The van der Waals surface area contributed by atoms with Gasteiger partial charge in [0.1, 0.15) is 14.8 Å². The van der Waals surface area contributed by atoms with E-state index in [1.165, 1.54) is 6.20 Å². The topological polar surface area (TPSA) is 131 Å². The maximum Gasteiger partial charge on any atom is 0.354 e. The number of amides is 2. The molecule has 2 aliphatic carbocycles. The van der Waals surface area contributed by atoms with Gasteiger partial charge in [-0.1, -0.05) is 6.92 Å². The van der Waals surface area contributed by atoms with E-state index < -0.39 is 21.5 Å². The number of hydrogen-bond acceptors (Lipinski definition) is 6. The molecule has 2 heterocycles. The molecule has 0 saturated heterocycles. The summed E-state index contributed by atoms with van der Waals surface area (Å²) in [4.78, 5) is 21.7. The largest absolute Gasteiger partial charge is 0.383 e. The van der Waals surface area contributed by atoms with E-state index in [1.54, 1.807) is 13.8 Å². The molecule has 0 radical (unpaired) electrons. The number of nitrogens with two attached hydrogens (primary N) is 1. The first-order chi connectivity index (χ1) is 14.1. The Hall–Kier alpha value is -1.88. The molecule has 2 aromatic rings. The second kappa shape index (κ2) is 7.67. The van der Waals surface area contributed by atoms with Crippen molar-refractivity contribution in [3.63, 3.8) is 0 Å². The first kappa shape index (κ1) is 21.4. The van der Waals surface area contributed by atoms with Gasteiger partial charge >= 0.3 is 6.03 Å². The molecule has 0 spiro atoms. The maximum absolute atomic E-state index is 12.9. The number of aryl methyl sites for hydroxylation is 1. The van der Waals surface area contributed by atoms with Gasteiger partial charge in [-0.15, -0.1) is 15.7 Å². The summed E-state index contributed by atoms with van der Waals surface area (Å²) in [7, 11) is -3.47. The van der Waals surface area contributed by atoms with Gasteiger partial charge < -0.3 is 10.4 Å². The van der Waals surface area contributed by atoms with E-state index in [9.17, 15) is 14.1 Å². The zero-order chi connectivity index (χ0) is 21.7. The molecule has 2 amide bonds. The normalized spacial score (nSPS) is 18.0. The van der Waals surface area contributed by atoms with Gasteiger partial charge in [0.15, 0.2) is 9.92 Å². The number of anilines is 1. The van der Waals surface area contributed by atoms with Crippen molar-refractivity contribution in [1.29, 1.82) is 0 Å². The van der Waals surface area contributed by atoms with Crippen molar-refractivity contribution in [2.24, 2.45) is 9.50 Å². The van der Waals surface area contributed by atoms with Gasteiger partial charge in [0, 0.05) is 17.3 Å². The highest BCUT2D eigenvalue weighted by atomic mass is 32.2. The van der Waals surface area contributed by atoms with Crippen LogP contribution in [-0.2, 0) is 34.8 Å². The Bertz CT molecular complexity index is 1120.